The zero-order chi connectivity index (χ0) is 11.8. The first-order valence-corrected chi connectivity index (χ1v) is 6.47. The largest absolute Gasteiger partial charge is 0.378 e. The molecule has 0 aromatic rings. The van der Waals surface area contributed by atoms with Gasteiger partial charge in [-0.2, -0.15) is 0 Å². The van der Waals surface area contributed by atoms with Crippen LogP contribution in [0.15, 0.2) is 12.2 Å². The molecule has 0 unspecified atom stereocenters. The van der Waals surface area contributed by atoms with Gasteiger partial charge in [0.1, 0.15) is 0 Å². The van der Waals surface area contributed by atoms with Gasteiger partial charge in [-0.05, 0) is 31.9 Å². The van der Waals surface area contributed by atoms with Crippen molar-refractivity contribution in [2.45, 2.75) is 32.8 Å². The fourth-order valence-corrected chi connectivity index (χ4v) is 2.14. The van der Waals surface area contributed by atoms with Gasteiger partial charge in [0.25, 0.3) is 0 Å². The van der Waals surface area contributed by atoms with Crippen molar-refractivity contribution in [1.29, 1.82) is 0 Å². The quantitative estimate of drug-likeness (QED) is 0.668. The molecule has 3 heteroatoms. The fourth-order valence-electron chi connectivity index (χ4n) is 2.14. The van der Waals surface area contributed by atoms with Crippen LogP contribution in [-0.4, -0.2) is 50.3 Å². The molecule has 0 spiro atoms. The van der Waals surface area contributed by atoms with Crippen LogP contribution < -0.4 is 5.32 Å². The van der Waals surface area contributed by atoms with Crippen LogP contribution in [0.3, 0.4) is 0 Å². The monoisotopic (exact) mass is 226 g/mol. The molecule has 0 aromatic heterocycles. The number of rotatable bonds is 7. The van der Waals surface area contributed by atoms with Crippen molar-refractivity contribution < 1.29 is 4.74 Å². The Hall–Kier alpha value is -0.380. The lowest BCUT2D eigenvalue weighted by molar-refractivity contribution is 0.0162. The summed E-state index contributed by atoms with van der Waals surface area (Å²) < 4.78 is 5.64. The number of nitrogens with one attached hydrogen (secondary N) is 1. The zero-order valence-corrected chi connectivity index (χ0v) is 10.8. The van der Waals surface area contributed by atoms with Crippen LogP contribution >= 0.6 is 0 Å². The second-order valence-corrected chi connectivity index (χ2v) is 4.46. The summed E-state index contributed by atoms with van der Waals surface area (Å²) in [6.45, 7) is 14.4. The Morgan fingerprint density at radius 2 is 2.06 bits per heavy atom. The van der Waals surface area contributed by atoms with E-state index in [0.717, 1.165) is 39.3 Å². The molecule has 1 fully saturated rings. The van der Waals surface area contributed by atoms with Gasteiger partial charge < -0.3 is 10.1 Å². The summed E-state index contributed by atoms with van der Waals surface area (Å²) in [5.74, 6) is 0. The van der Waals surface area contributed by atoms with E-state index in [1.54, 1.807) is 0 Å². The minimum absolute atomic E-state index is 0.489. The third kappa shape index (κ3) is 5.10. The normalized spacial score (nSPS) is 18.9. The molecule has 0 atom stereocenters. The van der Waals surface area contributed by atoms with Gasteiger partial charge in [0, 0.05) is 32.8 Å². The summed E-state index contributed by atoms with van der Waals surface area (Å²) in [6, 6.07) is 0. The standard InChI is InChI=1S/C13H26N2O/c1-4-14-10-12(3)11-15-8-6-13(7-9-15)16-5-2/h13-14H,3-11H2,1-2H3. The maximum absolute atomic E-state index is 5.64. The maximum atomic E-state index is 5.64. The Morgan fingerprint density at radius 3 is 2.62 bits per heavy atom. The van der Waals surface area contributed by atoms with E-state index in [1.807, 2.05) is 0 Å². The molecular weight excluding hydrogens is 200 g/mol. The number of likely N-dealkylation sites (N-methyl/N-ethyl adjacent to an activating group) is 1. The summed E-state index contributed by atoms with van der Waals surface area (Å²) in [4.78, 5) is 2.48. The number of ether oxygens (including phenoxy) is 1. The van der Waals surface area contributed by atoms with Crippen LogP contribution in [0.1, 0.15) is 26.7 Å². The van der Waals surface area contributed by atoms with Crippen LogP contribution in [0.4, 0.5) is 0 Å². The van der Waals surface area contributed by atoms with E-state index in [1.165, 1.54) is 18.4 Å². The van der Waals surface area contributed by atoms with E-state index in [0.29, 0.717) is 6.10 Å². The number of hydrogen-bond donors (Lipinski definition) is 1. The molecular formula is C13H26N2O. The van der Waals surface area contributed by atoms with E-state index in [2.05, 4.69) is 30.6 Å². The molecule has 1 saturated heterocycles. The Balaban J connectivity index is 2.14. The molecule has 1 N–H and O–H groups in total. The SMILES string of the molecule is C=C(CNCC)CN1CCC(OCC)CC1. The van der Waals surface area contributed by atoms with Crippen LogP contribution in [0, 0.1) is 0 Å². The highest BCUT2D eigenvalue weighted by Gasteiger charge is 2.19. The van der Waals surface area contributed by atoms with Crippen LogP contribution in [0.25, 0.3) is 0 Å². The molecule has 1 aliphatic rings. The van der Waals surface area contributed by atoms with E-state index < -0.39 is 0 Å². The summed E-state index contributed by atoms with van der Waals surface area (Å²) in [5.41, 5.74) is 1.29. The summed E-state index contributed by atoms with van der Waals surface area (Å²) in [6.07, 6.45) is 2.83. The highest BCUT2D eigenvalue weighted by atomic mass is 16.5. The van der Waals surface area contributed by atoms with E-state index in [-0.39, 0.29) is 0 Å². The highest BCUT2D eigenvalue weighted by Crippen LogP contribution is 2.14. The summed E-state index contributed by atoms with van der Waals surface area (Å²) in [5, 5.41) is 3.32. The lowest BCUT2D eigenvalue weighted by Crippen LogP contribution is -2.39. The molecule has 0 aromatic carbocycles. The predicted octanol–water partition coefficient (Wildman–Crippen LogP) is 1.65. The lowest BCUT2D eigenvalue weighted by atomic mass is 10.1. The topological polar surface area (TPSA) is 24.5 Å². The summed E-state index contributed by atoms with van der Waals surface area (Å²) in [7, 11) is 0. The molecule has 0 amide bonds. The molecule has 1 aliphatic heterocycles. The first kappa shape index (κ1) is 13.7. The van der Waals surface area contributed by atoms with Gasteiger partial charge in [0.05, 0.1) is 6.10 Å². The fraction of sp³-hybridized carbons (Fsp3) is 0.846. The van der Waals surface area contributed by atoms with Crippen LogP contribution in [0.5, 0.6) is 0 Å². The van der Waals surface area contributed by atoms with Gasteiger partial charge in [-0.25, -0.2) is 0 Å². The van der Waals surface area contributed by atoms with Crippen molar-refractivity contribution in [1.82, 2.24) is 10.2 Å². The number of piperidine rings is 1. The zero-order valence-electron chi connectivity index (χ0n) is 10.8. The van der Waals surface area contributed by atoms with Crippen molar-refractivity contribution in [3.63, 3.8) is 0 Å². The minimum atomic E-state index is 0.489. The van der Waals surface area contributed by atoms with Crippen LogP contribution in [-0.2, 0) is 4.74 Å². The second-order valence-electron chi connectivity index (χ2n) is 4.46. The predicted molar refractivity (Wildman–Crippen MR) is 68.8 cm³/mol. The van der Waals surface area contributed by atoms with Crippen molar-refractivity contribution in [2.24, 2.45) is 0 Å². The molecule has 0 radical (unpaired) electrons. The third-order valence-corrected chi connectivity index (χ3v) is 3.01. The Kier molecular flexibility index (Phi) is 6.69. The van der Waals surface area contributed by atoms with Gasteiger partial charge in [0.2, 0.25) is 0 Å². The van der Waals surface area contributed by atoms with Crippen LogP contribution in [0.2, 0.25) is 0 Å². The van der Waals surface area contributed by atoms with Crippen molar-refractivity contribution >= 4 is 0 Å². The van der Waals surface area contributed by atoms with E-state index >= 15 is 0 Å². The van der Waals surface area contributed by atoms with Gasteiger partial charge in [-0.15, -0.1) is 0 Å². The van der Waals surface area contributed by atoms with Gasteiger partial charge in [-0.3, -0.25) is 4.90 Å². The van der Waals surface area contributed by atoms with Gasteiger partial charge >= 0.3 is 0 Å². The summed E-state index contributed by atoms with van der Waals surface area (Å²) >= 11 is 0. The van der Waals surface area contributed by atoms with Crippen molar-refractivity contribution in [2.75, 3.05) is 39.3 Å². The Morgan fingerprint density at radius 1 is 1.38 bits per heavy atom. The third-order valence-electron chi connectivity index (χ3n) is 3.01. The molecule has 0 saturated carbocycles. The van der Waals surface area contributed by atoms with E-state index in [9.17, 15) is 0 Å². The van der Waals surface area contributed by atoms with Gasteiger partial charge in [0.15, 0.2) is 0 Å². The molecule has 0 bridgehead atoms. The smallest absolute Gasteiger partial charge is 0.0599 e. The minimum Gasteiger partial charge on any atom is -0.378 e. The molecule has 1 rings (SSSR count). The Bertz CT molecular complexity index is 198. The van der Waals surface area contributed by atoms with E-state index in [4.69, 9.17) is 4.74 Å². The number of likely N-dealkylation sites (tertiary alicyclic amines) is 1. The van der Waals surface area contributed by atoms with Gasteiger partial charge in [-0.1, -0.05) is 13.5 Å². The average Bonchev–Trinajstić information content (AvgIpc) is 2.29. The number of hydrogen-bond acceptors (Lipinski definition) is 3. The first-order chi connectivity index (χ1) is 7.76. The lowest BCUT2D eigenvalue weighted by Gasteiger charge is -2.32. The number of nitrogens with zero attached hydrogens (tertiary/aromatic N) is 1. The van der Waals surface area contributed by atoms with Crippen molar-refractivity contribution in [3.05, 3.63) is 12.2 Å². The maximum Gasteiger partial charge on any atom is 0.0599 e. The molecule has 94 valence electrons. The van der Waals surface area contributed by atoms with Crippen molar-refractivity contribution in [3.8, 4) is 0 Å². The molecule has 16 heavy (non-hydrogen) atoms. The first-order valence-electron chi connectivity index (χ1n) is 6.47. The Labute approximate surface area is 99.8 Å². The second kappa shape index (κ2) is 7.82. The highest BCUT2D eigenvalue weighted by molar-refractivity contribution is 5.00. The molecule has 1 heterocycles. The average molecular weight is 226 g/mol. The molecule has 0 aliphatic carbocycles. The molecule has 3 nitrogen and oxygen atoms in total.